The summed E-state index contributed by atoms with van der Waals surface area (Å²) in [5, 5.41) is 0. The molecule has 2 aromatic carbocycles. The molecule has 0 fully saturated rings. The van der Waals surface area contributed by atoms with Crippen LogP contribution in [0.15, 0.2) is 36.4 Å². The fourth-order valence-electron chi connectivity index (χ4n) is 1.93. The Morgan fingerprint density at radius 1 is 1.10 bits per heavy atom. The second kappa shape index (κ2) is 6.01. The van der Waals surface area contributed by atoms with Crippen LogP contribution < -0.4 is 10.5 Å². The smallest absolute Gasteiger partial charge is 0.159 e. The lowest BCUT2D eigenvalue weighted by Gasteiger charge is -2.15. The molecular formula is C16H17F2NO. The standard InChI is InChI=1S/C16H17F2NO/c1-10-3-5-13(11(2)19)16(7-10)20-9-12-4-6-14(17)15(18)8-12/h3-8,11H,9,19H2,1-2H3/t11-/m0/s1. The minimum absolute atomic E-state index is 0.157. The lowest BCUT2D eigenvalue weighted by Crippen LogP contribution is -2.08. The first-order valence-corrected chi connectivity index (χ1v) is 6.40. The summed E-state index contributed by atoms with van der Waals surface area (Å²) in [5.41, 5.74) is 8.40. The molecule has 0 aliphatic carbocycles. The maximum absolute atomic E-state index is 13.1. The van der Waals surface area contributed by atoms with E-state index in [9.17, 15) is 8.78 Å². The molecule has 106 valence electrons. The van der Waals surface area contributed by atoms with Gasteiger partial charge in [-0.2, -0.15) is 0 Å². The van der Waals surface area contributed by atoms with Crippen molar-refractivity contribution in [3.05, 3.63) is 64.7 Å². The van der Waals surface area contributed by atoms with Gasteiger partial charge in [-0.1, -0.05) is 18.2 Å². The van der Waals surface area contributed by atoms with Crippen LogP contribution in [0.1, 0.15) is 29.7 Å². The first-order valence-electron chi connectivity index (χ1n) is 6.40. The van der Waals surface area contributed by atoms with Crippen LogP contribution in [0.3, 0.4) is 0 Å². The molecule has 0 saturated heterocycles. The Kier molecular flexibility index (Phi) is 4.35. The van der Waals surface area contributed by atoms with Crippen molar-refractivity contribution in [3.8, 4) is 5.75 Å². The first kappa shape index (κ1) is 14.5. The minimum Gasteiger partial charge on any atom is -0.489 e. The van der Waals surface area contributed by atoms with Crippen LogP contribution in [-0.2, 0) is 6.61 Å². The van der Waals surface area contributed by atoms with Gasteiger partial charge in [-0.15, -0.1) is 0 Å². The molecule has 2 nitrogen and oxygen atoms in total. The molecule has 0 amide bonds. The maximum atomic E-state index is 13.1. The van der Waals surface area contributed by atoms with Gasteiger partial charge in [0.2, 0.25) is 0 Å². The highest BCUT2D eigenvalue weighted by Crippen LogP contribution is 2.26. The van der Waals surface area contributed by atoms with Crippen molar-refractivity contribution in [3.63, 3.8) is 0 Å². The van der Waals surface area contributed by atoms with Crippen molar-refractivity contribution in [2.45, 2.75) is 26.5 Å². The zero-order valence-electron chi connectivity index (χ0n) is 11.5. The zero-order chi connectivity index (χ0) is 14.7. The average molecular weight is 277 g/mol. The largest absolute Gasteiger partial charge is 0.489 e. The van der Waals surface area contributed by atoms with Crippen molar-refractivity contribution in [2.75, 3.05) is 0 Å². The molecule has 1 atom stereocenters. The van der Waals surface area contributed by atoms with E-state index < -0.39 is 11.6 Å². The maximum Gasteiger partial charge on any atom is 0.159 e. The van der Waals surface area contributed by atoms with Gasteiger partial charge >= 0.3 is 0 Å². The van der Waals surface area contributed by atoms with Gasteiger partial charge in [-0.25, -0.2) is 8.78 Å². The molecule has 0 unspecified atom stereocenters. The first-order chi connectivity index (χ1) is 9.47. The summed E-state index contributed by atoms with van der Waals surface area (Å²) in [5.74, 6) is -1.06. The van der Waals surface area contributed by atoms with E-state index in [-0.39, 0.29) is 12.6 Å². The molecule has 0 bridgehead atoms. The summed E-state index contributed by atoms with van der Waals surface area (Å²) in [6, 6.07) is 9.34. The van der Waals surface area contributed by atoms with Gasteiger partial charge in [0.05, 0.1) is 0 Å². The third-order valence-electron chi connectivity index (χ3n) is 3.04. The van der Waals surface area contributed by atoms with E-state index in [0.29, 0.717) is 11.3 Å². The van der Waals surface area contributed by atoms with Gasteiger partial charge in [0.15, 0.2) is 11.6 Å². The molecule has 0 radical (unpaired) electrons. The van der Waals surface area contributed by atoms with Crippen LogP contribution in [0.2, 0.25) is 0 Å². The van der Waals surface area contributed by atoms with Crippen molar-refractivity contribution in [1.29, 1.82) is 0 Å². The number of nitrogens with two attached hydrogens (primary N) is 1. The molecule has 2 aromatic rings. The van der Waals surface area contributed by atoms with Crippen molar-refractivity contribution < 1.29 is 13.5 Å². The number of hydrogen-bond acceptors (Lipinski definition) is 2. The summed E-state index contributed by atoms with van der Waals surface area (Å²) in [6.45, 7) is 3.99. The molecule has 20 heavy (non-hydrogen) atoms. The Morgan fingerprint density at radius 2 is 1.85 bits per heavy atom. The quantitative estimate of drug-likeness (QED) is 0.920. The monoisotopic (exact) mass is 277 g/mol. The Bertz CT molecular complexity index is 611. The van der Waals surface area contributed by atoms with Gasteiger partial charge in [-0.3, -0.25) is 0 Å². The highest BCUT2D eigenvalue weighted by atomic mass is 19.2. The Morgan fingerprint density at radius 3 is 2.50 bits per heavy atom. The zero-order valence-corrected chi connectivity index (χ0v) is 11.5. The Labute approximate surface area is 117 Å². The van der Waals surface area contributed by atoms with Gasteiger partial charge in [0.1, 0.15) is 12.4 Å². The number of aryl methyl sites for hydroxylation is 1. The molecular weight excluding hydrogens is 260 g/mol. The average Bonchev–Trinajstić information content (AvgIpc) is 2.40. The summed E-state index contributed by atoms with van der Waals surface area (Å²) < 4.78 is 31.7. The molecule has 0 heterocycles. The minimum atomic E-state index is -0.872. The van der Waals surface area contributed by atoms with Crippen molar-refractivity contribution >= 4 is 0 Å². The second-order valence-corrected chi connectivity index (χ2v) is 4.87. The van der Waals surface area contributed by atoms with Gasteiger partial charge < -0.3 is 10.5 Å². The molecule has 0 saturated carbocycles. The third kappa shape index (κ3) is 3.33. The van der Waals surface area contributed by atoms with E-state index in [1.807, 2.05) is 32.0 Å². The summed E-state index contributed by atoms with van der Waals surface area (Å²) in [4.78, 5) is 0. The lowest BCUT2D eigenvalue weighted by molar-refractivity contribution is 0.300. The van der Waals surface area contributed by atoms with E-state index >= 15 is 0 Å². The number of ether oxygens (including phenoxy) is 1. The van der Waals surface area contributed by atoms with E-state index in [0.717, 1.165) is 23.3 Å². The van der Waals surface area contributed by atoms with Crippen LogP contribution in [0.4, 0.5) is 8.78 Å². The predicted molar refractivity (Wildman–Crippen MR) is 74.5 cm³/mol. The SMILES string of the molecule is Cc1ccc([C@H](C)N)c(OCc2ccc(F)c(F)c2)c1. The number of halogens is 2. The van der Waals surface area contributed by atoms with Crippen molar-refractivity contribution in [2.24, 2.45) is 5.73 Å². The summed E-state index contributed by atoms with van der Waals surface area (Å²) >= 11 is 0. The van der Waals surface area contributed by atoms with Crippen LogP contribution in [0.5, 0.6) is 5.75 Å². The molecule has 0 spiro atoms. The fraction of sp³-hybridized carbons (Fsp3) is 0.250. The highest BCUT2D eigenvalue weighted by Gasteiger charge is 2.09. The Hall–Kier alpha value is -1.94. The molecule has 2 N–H and O–H groups in total. The third-order valence-corrected chi connectivity index (χ3v) is 3.04. The van der Waals surface area contributed by atoms with Crippen molar-refractivity contribution in [1.82, 2.24) is 0 Å². The number of hydrogen-bond donors (Lipinski definition) is 1. The lowest BCUT2D eigenvalue weighted by atomic mass is 10.1. The molecule has 0 aliphatic rings. The molecule has 0 aliphatic heterocycles. The summed E-state index contributed by atoms with van der Waals surface area (Å²) in [7, 11) is 0. The molecule has 2 rings (SSSR count). The summed E-state index contributed by atoms with van der Waals surface area (Å²) in [6.07, 6.45) is 0. The molecule has 4 heteroatoms. The molecule has 0 aromatic heterocycles. The van der Waals surface area contributed by atoms with Crippen LogP contribution in [0.25, 0.3) is 0 Å². The van der Waals surface area contributed by atoms with Crippen LogP contribution >= 0.6 is 0 Å². The van der Waals surface area contributed by atoms with E-state index in [1.165, 1.54) is 6.07 Å². The second-order valence-electron chi connectivity index (χ2n) is 4.87. The number of benzene rings is 2. The van der Waals surface area contributed by atoms with Crippen LogP contribution in [0, 0.1) is 18.6 Å². The van der Waals surface area contributed by atoms with Gasteiger partial charge in [0.25, 0.3) is 0 Å². The van der Waals surface area contributed by atoms with Gasteiger partial charge in [-0.05, 0) is 43.2 Å². The highest BCUT2D eigenvalue weighted by molar-refractivity contribution is 5.39. The normalized spacial score (nSPS) is 12.2. The van der Waals surface area contributed by atoms with Crippen LogP contribution in [-0.4, -0.2) is 0 Å². The topological polar surface area (TPSA) is 35.2 Å². The Balaban J connectivity index is 2.17. The van der Waals surface area contributed by atoms with E-state index in [4.69, 9.17) is 10.5 Å². The fourth-order valence-corrected chi connectivity index (χ4v) is 1.93. The van der Waals surface area contributed by atoms with E-state index in [1.54, 1.807) is 0 Å². The predicted octanol–water partition coefficient (Wildman–Crippen LogP) is 3.87. The van der Waals surface area contributed by atoms with Gasteiger partial charge in [0, 0.05) is 11.6 Å². The van der Waals surface area contributed by atoms with E-state index in [2.05, 4.69) is 0 Å². The number of rotatable bonds is 4.